The van der Waals surface area contributed by atoms with Gasteiger partial charge in [-0.3, -0.25) is 4.79 Å². The molecule has 9 heteroatoms. The molecule has 0 aliphatic carbocycles. The molecule has 7 nitrogen and oxygen atoms in total. The molecule has 138 valence electrons. The molecule has 1 saturated heterocycles. The summed E-state index contributed by atoms with van der Waals surface area (Å²) in [7, 11) is -3.85. The molecule has 2 aromatic rings. The normalized spacial score (nSPS) is 15.1. The zero-order chi connectivity index (χ0) is 18.6. The molecule has 2 heterocycles. The second kappa shape index (κ2) is 7.79. The molecule has 0 atom stereocenters. The maximum atomic E-state index is 12.9. The summed E-state index contributed by atoms with van der Waals surface area (Å²) in [6.45, 7) is 1.92. The lowest BCUT2D eigenvalue weighted by molar-refractivity contribution is -0.130. The summed E-state index contributed by atoms with van der Waals surface area (Å²) < 4.78 is 39.5. The van der Waals surface area contributed by atoms with Gasteiger partial charge < -0.3 is 9.80 Å². The minimum Gasteiger partial charge on any atom is -0.353 e. The zero-order valence-corrected chi connectivity index (χ0v) is 14.8. The highest BCUT2D eigenvalue weighted by Gasteiger charge is 2.23. The topological polar surface area (TPSA) is 82.6 Å². The Kier molecular flexibility index (Phi) is 5.48. The van der Waals surface area contributed by atoms with Gasteiger partial charge in [0.05, 0.1) is 11.4 Å². The molecule has 0 saturated carbocycles. The van der Waals surface area contributed by atoms with Crippen LogP contribution in [0.1, 0.15) is 0 Å². The number of pyridine rings is 1. The van der Waals surface area contributed by atoms with Crippen molar-refractivity contribution in [3.63, 3.8) is 0 Å². The molecule has 1 N–H and O–H groups in total. The molecule has 26 heavy (non-hydrogen) atoms. The third kappa shape index (κ3) is 4.36. The number of carbonyl (C=O) groups excluding carboxylic acids is 1. The summed E-state index contributed by atoms with van der Waals surface area (Å²) in [5.74, 6) is 0.0405. The first-order valence-electron chi connectivity index (χ1n) is 8.15. The molecule has 1 aromatic heterocycles. The Balaban J connectivity index is 1.52. The van der Waals surface area contributed by atoms with Crippen LogP contribution in [-0.2, 0) is 14.8 Å². The molecule has 1 aromatic carbocycles. The number of aromatic nitrogens is 1. The van der Waals surface area contributed by atoms with E-state index in [9.17, 15) is 17.6 Å². The van der Waals surface area contributed by atoms with Crippen molar-refractivity contribution in [1.29, 1.82) is 0 Å². The molecular weight excluding hydrogens is 359 g/mol. The summed E-state index contributed by atoms with van der Waals surface area (Å²) in [6, 6.07) is 10.1. The van der Waals surface area contributed by atoms with Gasteiger partial charge in [-0.1, -0.05) is 6.07 Å². The monoisotopic (exact) mass is 378 g/mol. The van der Waals surface area contributed by atoms with Crippen molar-refractivity contribution in [3.8, 4) is 0 Å². The number of hydrogen-bond acceptors (Lipinski definition) is 5. The molecule has 1 aliphatic heterocycles. The van der Waals surface area contributed by atoms with Gasteiger partial charge in [0.25, 0.3) is 0 Å². The van der Waals surface area contributed by atoms with Crippen LogP contribution in [0.2, 0.25) is 0 Å². The maximum absolute atomic E-state index is 12.9. The number of nitrogens with one attached hydrogen (secondary N) is 1. The van der Waals surface area contributed by atoms with Gasteiger partial charge in [0.1, 0.15) is 11.6 Å². The first kappa shape index (κ1) is 18.3. The largest absolute Gasteiger partial charge is 0.353 e. The molecule has 1 fully saturated rings. The second-order valence-electron chi connectivity index (χ2n) is 5.83. The summed E-state index contributed by atoms with van der Waals surface area (Å²) in [4.78, 5) is 20.2. The average Bonchev–Trinajstić information content (AvgIpc) is 2.67. The highest BCUT2D eigenvalue weighted by atomic mass is 32.2. The smallest absolute Gasteiger partial charge is 0.241 e. The lowest BCUT2D eigenvalue weighted by Gasteiger charge is -2.35. The number of carbonyl (C=O) groups is 1. The number of amides is 1. The average molecular weight is 378 g/mol. The van der Waals surface area contributed by atoms with Crippen molar-refractivity contribution in [1.82, 2.24) is 14.6 Å². The Hall–Kier alpha value is -2.52. The van der Waals surface area contributed by atoms with Crippen molar-refractivity contribution in [2.24, 2.45) is 0 Å². The van der Waals surface area contributed by atoms with Crippen molar-refractivity contribution >= 4 is 21.7 Å². The predicted molar refractivity (Wildman–Crippen MR) is 94.6 cm³/mol. The maximum Gasteiger partial charge on any atom is 0.241 e. The minimum absolute atomic E-state index is 0.0772. The fourth-order valence-electron chi connectivity index (χ4n) is 2.69. The summed E-state index contributed by atoms with van der Waals surface area (Å²) in [5, 5.41) is 0. The first-order chi connectivity index (χ1) is 12.5. The highest BCUT2D eigenvalue weighted by molar-refractivity contribution is 7.89. The summed E-state index contributed by atoms with van der Waals surface area (Å²) in [5.41, 5.74) is 0. The van der Waals surface area contributed by atoms with Crippen LogP contribution >= 0.6 is 0 Å². The number of nitrogens with zero attached hydrogens (tertiary/aromatic N) is 3. The van der Waals surface area contributed by atoms with Gasteiger partial charge in [-0.2, -0.15) is 0 Å². The Morgan fingerprint density at radius 3 is 2.38 bits per heavy atom. The Morgan fingerprint density at radius 1 is 1.08 bits per heavy atom. The van der Waals surface area contributed by atoms with Gasteiger partial charge in [0, 0.05) is 32.4 Å². The molecule has 0 spiro atoms. The molecular formula is C17H19FN4O3S. The second-order valence-corrected chi connectivity index (χ2v) is 7.60. The standard InChI is InChI=1S/C17H19FN4O3S/c18-14-4-6-15(7-5-14)26(24,25)20-13-17(23)22-11-9-21(10-12-22)16-3-1-2-8-19-16/h1-8,20H,9-13H2. The third-order valence-electron chi connectivity index (χ3n) is 4.14. The van der Waals surface area contributed by atoms with E-state index in [1.807, 2.05) is 18.2 Å². The van der Waals surface area contributed by atoms with Crippen molar-refractivity contribution in [3.05, 3.63) is 54.5 Å². The van der Waals surface area contributed by atoms with Gasteiger partial charge in [0.15, 0.2) is 0 Å². The zero-order valence-electron chi connectivity index (χ0n) is 14.0. The lowest BCUT2D eigenvalue weighted by Crippen LogP contribution is -2.51. The van der Waals surface area contributed by atoms with E-state index in [1.54, 1.807) is 11.1 Å². The number of anilines is 1. The Morgan fingerprint density at radius 2 is 1.77 bits per heavy atom. The van der Waals surface area contributed by atoms with Crippen LogP contribution in [0.3, 0.4) is 0 Å². The van der Waals surface area contributed by atoms with E-state index in [2.05, 4.69) is 14.6 Å². The molecule has 3 rings (SSSR count). The Labute approximate surface area is 151 Å². The van der Waals surface area contributed by atoms with Gasteiger partial charge in [-0.05, 0) is 36.4 Å². The lowest BCUT2D eigenvalue weighted by atomic mass is 10.3. The van der Waals surface area contributed by atoms with Gasteiger partial charge in [-0.15, -0.1) is 0 Å². The van der Waals surface area contributed by atoms with Crippen LogP contribution in [0, 0.1) is 5.82 Å². The number of benzene rings is 1. The van der Waals surface area contributed by atoms with Gasteiger partial charge >= 0.3 is 0 Å². The number of halogens is 1. The van der Waals surface area contributed by atoms with Gasteiger partial charge in [-0.25, -0.2) is 22.5 Å². The van der Waals surface area contributed by atoms with E-state index in [1.165, 1.54) is 0 Å². The van der Waals surface area contributed by atoms with E-state index >= 15 is 0 Å². The van der Waals surface area contributed by atoms with Crippen LogP contribution in [0.4, 0.5) is 10.2 Å². The number of hydrogen-bond donors (Lipinski definition) is 1. The number of rotatable bonds is 5. The van der Waals surface area contributed by atoms with Crippen molar-refractivity contribution in [2.75, 3.05) is 37.6 Å². The quantitative estimate of drug-likeness (QED) is 0.834. The third-order valence-corrected chi connectivity index (χ3v) is 5.56. The van der Waals surface area contributed by atoms with E-state index in [-0.39, 0.29) is 17.3 Å². The fourth-order valence-corrected chi connectivity index (χ4v) is 3.67. The number of sulfonamides is 1. The molecule has 1 aliphatic rings. The summed E-state index contributed by atoms with van der Waals surface area (Å²) >= 11 is 0. The van der Waals surface area contributed by atoms with E-state index < -0.39 is 15.8 Å². The first-order valence-corrected chi connectivity index (χ1v) is 9.63. The van der Waals surface area contributed by atoms with Crippen molar-refractivity contribution < 1.29 is 17.6 Å². The fraction of sp³-hybridized carbons (Fsp3) is 0.294. The van der Waals surface area contributed by atoms with Gasteiger partial charge in [0.2, 0.25) is 15.9 Å². The highest BCUT2D eigenvalue weighted by Crippen LogP contribution is 2.13. The van der Waals surface area contributed by atoms with E-state index in [0.29, 0.717) is 26.2 Å². The molecule has 0 unspecified atom stereocenters. The number of piperazine rings is 1. The molecule has 0 bridgehead atoms. The van der Waals surface area contributed by atoms with Crippen LogP contribution in [0.5, 0.6) is 0 Å². The summed E-state index contributed by atoms with van der Waals surface area (Å²) in [6.07, 6.45) is 1.72. The minimum atomic E-state index is -3.85. The Bertz CT molecular complexity index is 851. The van der Waals surface area contributed by atoms with Crippen LogP contribution in [0.15, 0.2) is 53.6 Å². The van der Waals surface area contributed by atoms with Crippen LogP contribution in [-0.4, -0.2) is 56.9 Å². The van der Waals surface area contributed by atoms with Crippen LogP contribution < -0.4 is 9.62 Å². The SMILES string of the molecule is O=C(CNS(=O)(=O)c1ccc(F)cc1)N1CCN(c2ccccn2)CC1. The molecule has 1 amide bonds. The van der Waals surface area contributed by atoms with Crippen molar-refractivity contribution in [2.45, 2.75) is 4.90 Å². The van der Waals surface area contributed by atoms with Crippen LogP contribution in [0.25, 0.3) is 0 Å². The van der Waals surface area contributed by atoms with E-state index in [0.717, 1.165) is 30.1 Å². The van der Waals surface area contributed by atoms with E-state index in [4.69, 9.17) is 0 Å². The predicted octanol–water partition coefficient (Wildman–Crippen LogP) is 0.848. The molecule has 0 radical (unpaired) electrons.